The fourth-order valence-electron chi connectivity index (χ4n) is 2.37. The van der Waals surface area contributed by atoms with Crippen molar-refractivity contribution in [3.8, 4) is 5.75 Å². The highest BCUT2D eigenvalue weighted by Gasteiger charge is 2.26. The summed E-state index contributed by atoms with van der Waals surface area (Å²) in [6.45, 7) is 2.10. The zero-order chi connectivity index (χ0) is 14.5. The summed E-state index contributed by atoms with van der Waals surface area (Å²) in [7, 11) is 0. The quantitative estimate of drug-likeness (QED) is 0.712. The fourth-order valence-corrected chi connectivity index (χ4v) is 2.37. The fraction of sp³-hybridized carbons (Fsp3) is 0.562. The van der Waals surface area contributed by atoms with Gasteiger partial charge in [0.25, 0.3) is 0 Å². The van der Waals surface area contributed by atoms with Crippen LogP contribution >= 0.6 is 0 Å². The van der Waals surface area contributed by atoms with E-state index in [9.17, 15) is 9.90 Å². The second-order valence-corrected chi connectivity index (χ2v) is 5.77. The molecule has 1 aromatic carbocycles. The maximum atomic E-state index is 12.1. The molecule has 0 radical (unpaired) electrons. The Labute approximate surface area is 120 Å². The van der Waals surface area contributed by atoms with Crippen LogP contribution in [-0.2, 0) is 11.2 Å². The standard InChI is InChI=1S/C16H24N2O2/c1-2-13(9-11-3-4-11)18-16(20)15(17)10-12-5-7-14(19)8-6-12/h5-8,11,13,15,19H,2-4,9-10,17H2,1H3,(H,18,20)/t13?,15-/m1/s1. The van der Waals surface area contributed by atoms with Crippen molar-refractivity contribution >= 4 is 5.91 Å². The first-order valence-electron chi connectivity index (χ1n) is 7.42. The molecule has 1 fully saturated rings. The van der Waals surface area contributed by atoms with Crippen LogP contribution in [0.15, 0.2) is 24.3 Å². The summed E-state index contributed by atoms with van der Waals surface area (Å²) in [6, 6.07) is 6.53. The van der Waals surface area contributed by atoms with Crippen LogP contribution in [0.3, 0.4) is 0 Å². The van der Waals surface area contributed by atoms with Gasteiger partial charge in [0, 0.05) is 6.04 Å². The second-order valence-electron chi connectivity index (χ2n) is 5.77. The summed E-state index contributed by atoms with van der Waals surface area (Å²) in [5.41, 5.74) is 6.92. The highest BCUT2D eigenvalue weighted by atomic mass is 16.3. The molecule has 1 aliphatic rings. The lowest BCUT2D eigenvalue weighted by Gasteiger charge is -2.19. The molecule has 0 aliphatic heterocycles. The first-order valence-corrected chi connectivity index (χ1v) is 7.42. The number of phenolic OH excluding ortho intramolecular Hbond substituents is 1. The summed E-state index contributed by atoms with van der Waals surface area (Å²) in [4.78, 5) is 12.1. The molecule has 0 heterocycles. The number of carbonyl (C=O) groups is 1. The van der Waals surface area contributed by atoms with Crippen LogP contribution in [0.4, 0.5) is 0 Å². The first kappa shape index (κ1) is 14.9. The lowest BCUT2D eigenvalue weighted by Crippen LogP contribution is -2.46. The van der Waals surface area contributed by atoms with Crippen LogP contribution in [0.1, 0.15) is 38.2 Å². The van der Waals surface area contributed by atoms with Crippen molar-refractivity contribution in [2.24, 2.45) is 11.7 Å². The van der Waals surface area contributed by atoms with E-state index < -0.39 is 6.04 Å². The van der Waals surface area contributed by atoms with Gasteiger partial charge in [-0.3, -0.25) is 4.79 Å². The Bertz CT molecular complexity index is 440. The molecule has 110 valence electrons. The van der Waals surface area contributed by atoms with E-state index in [-0.39, 0.29) is 17.7 Å². The minimum atomic E-state index is -0.534. The molecule has 0 bridgehead atoms. The molecular formula is C16H24N2O2. The Morgan fingerprint density at radius 1 is 1.40 bits per heavy atom. The summed E-state index contributed by atoms with van der Waals surface area (Å²) in [6.07, 6.45) is 5.12. The number of amides is 1. The lowest BCUT2D eigenvalue weighted by atomic mass is 10.0. The van der Waals surface area contributed by atoms with Crippen LogP contribution in [0.2, 0.25) is 0 Å². The van der Waals surface area contributed by atoms with Crippen LogP contribution < -0.4 is 11.1 Å². The van der Waals surface area contributed by atoms with Gasteiger partial charge in [-0.1, -0.05) is 31.9 Å². The Kier molecular flexibility index (Phi) is 5.01. The number of carbonyl (C=O) groups excluding carboxylic acids is 1. The van der Waals surface area contributed by atoms with Crippen LogP contribution in [0.5, 0.6) is 5.75 Å². The molecule has 4 N–H and O–H groups in total. The predicted octanol–water partition coefficient (Wildman–Crippen LogP) is 1.96. The number of benzene rings is 1. The van der Waals surface area contributed by atoms with Gasteiger partial charge in [0.2, 0.25) is 5.91 Å². The second kappa shape index (κ2) is 6.75. The zero-order valence-corrected chi connectivity index (χ0v) is 12.0. The van der Waals surface area contributed by atoms with Crippen molar-refractivity contribution in [2.45, 2.75) is 51.1 Å². The van der Waals surface area contributed by atoms with Crippen LogP contribution in [0.25, 0.3) is 0 Å². The molecule has 1 amide bonds. The largest absolute Gasteiger partial charge is 0.508 e. The topological polar surface area (TPSA) is 75.4 Å². The number of hydrogen-bond acceptors (Lipinski definition) is 3. The smallest absolute Gasteiger partial charge is 0.237 e. The van der Waals surface area contributed by atoms with Crippen molar-refractivity contribution in [3.05, 3.63) is 29.8 Å². The highest BCUT2D eigenvalue weighted by molar-refractivity contribution is 5.82. The van der Waals surface area contributed by atoms with Gasteiger partial charge in [0.15, 0.2) is 0 Å². The molecule has 4 nitrogen and oxygen atoms in total. The van der Waals surface area contributed by atoms with Gasteiger partial charge in [-0.15, -0.1) is 0 Å². The van der Waals surface area contributed by atoms with Gasteiger partial charge in [-0.2, -0.15) is 0 Å². The summed E-state index contributed by atoms with van der Waals surface area (Å²) in [5, 5.41) is 12.3. The highest BCUT2D eigenvalue weighted by Crippen LogP contribution is 2.34. The third-order valence-electron chi connectivity index (χ3n) is 3.88. The molecule has 4 heteroatoms. The maximum absolute atomic E-state index is 12.1. The minimum Gasteiger partial charge on any atom is -0.508 e. The summed E-state index contributed by atoms with van der Waals surface area (Å²) >= 11 is 0. The average molecular weight is 276 g/mol. The van der Waals surface area contributed by atoms with Gasteiger partial charge in [-0.05, 0) is 42.9 Å². The van der Waals surface area contributed by atoms with Crippen LogP contribution in [0, 0.1) is 5.92 Å². The van der Waals surface area contributed by atoms with Gasteiger partial charge in [0.05, 0.1) is 6.04 Å². The van der Waals surface area contributed by atoms with Crippen molar-refractivity contribution in [2.75, 3.05) is 0 Å². The predicted molar refractivity (Wildman–Crippen MR) is 79.3 cm³/mol. The van der Waals surface area contributed by atoms with E-state index in [2.05, 4.69) is 12.2 Å². The SMILES string of the molecule is CCC(CC1CC1)NC(=O)[C@H](N)Cc1ccc(O)cc1. The van der Waals surface area contributed by atoms with E-state index in [1.165, 1.54) is 12.8 Å². The van der Waals surface area contributed by atoms with Crippen molar-refractivity contribution < 1.29 is 9.90 Å². The van der Waals surface area contributed by atoms with Crippen molar-refractivity contribution in [1.82, 2.24) is 5.32 Å². The number of phenols is 1. The van der Waals surface area contributed by atoms with E-state index in [0.717, 1.165) is 24.3 Å². The van der Waals surface area contributed by atoms with Gasteiger partial charge < -0.3 is 16.2 Å². The van der Waals surface area contributed by atoms with Gasteiger partial charge in [0.1, 0.15) is 5.75 Å². The van der Waals surface area contributed by atoms with E-state index in [4.69, 9.17) is 5.73 Å². The van der Waals surface area contributed by atoms with E-state index in [1.807, 2.05) is 0 Å². The number of rotatable bonds is 7. The molecule has 1 saturated carbocycles. The first-order chi connectivity index (χ1) is 9.58. The average Bonchev–Trinajstić information content (AvgIpc) is 3.24. The van der Waals surface area contributed by atoms with E-state index in [0.29, 0.717) is 6.42 Å². The maximum Gasteiger partial charge on any atom is 0.237 e. The number of nitrogens with two attached hydrogens (primary N) is 1. The van der Waals surface area contributed by atoms with Crippen LogP contribution in [-0.4, -0.2) is 23.1 Å². The summed E-state index contributed by atoms with van der Waals surface area (Å²) < 4.78 is 0. The zero-order valence-electron chi connectivity index (χ0n) is 12.0. The van der Waals surface area contributed by atoms with Gasteiger partial charge >= 0.3 is 0 Å². The number of hydrogen-bond donors (Lipinski definition) is 3. The Hall–Kier alpha value is -1.55. The molecule has 2 rings (SSSR count). The van der Waals surface area contributed by atoms with Crippen molar-refractivity contribution in [1.29, 1.82) is 0 Å². The Balaban J connectivity index is 1.82. The van der Waals surface area contributed by atoms with Crippen molar-refractivity contribution in [3.63, 3.8) is 0 Å². The van der Waals surface area contributed by atoms with Gasteiger partial charge in [-0.25, -0.2) is 0 Å². The number of aromatic hydroxyl groups is 1. The molecule has 0 saturated heterocycles. The molecule has 1 aliphatic carbocycles. The molecule has 2 atom stereocenters. The number of nitrogens with one attached hydrogen (secondary N) is 1. The normalized spacial score (nSPS) is 17.5. The molecule has 1 aromatic rings. The molecular weight excluding hydrogens is 252 g/mol. The van der Waals surface area contributed by atoms with E-state index in [1.54, 1.807) is 24.3 Å². The molecule has 20 heavy (non-hydrogen) atoms. The molecule has 0 aromatic heterocycles. The summed E-state index contributed by atoms with van der Waals surface area (Å²) in [5.74, 6) is 0.946. The monoisotopic (exact) mass is 276 g/mol. The molecule has 1 unspecified atom stereocenters. The third-order valence-corrected chi connectivity index (χ3v) is 3.88. The Morgan fingerprint density at radius 2 is 2.05 bits per heavy atom. The van der Waals surface area contributed by atoms with E-state index >= 15 is 0 Å². The lowest BCUT2D eigenvalue weighted by molar-refractivity contribution is -0.123. The third kappa shape index (κ3) is 4.53. The molecule has 0 spiro atoms. The Morgan fingerprint density at radius 3 is 2.60 bits per heavy atom. The minimum absolute atomic E-state index is 0.0782.